The predicted molar refractivity (Wildman–Crippen MR) is 52.1 cm³/mol. The molecule has 0 aliphatic rings. The van der Waals surface area contributed by atoms with Crippen LogP contribution in [0.5, 0.6) is 0 Å². The molecule has 0 aliphatic heterocycles. The standard InChI is InChI=1S/C9H12N2O3/c1-2-7(9(13)14)11-4-3-8(12)6(10)5-11/h3-5,7H,2,10H2,1H3,(H,13,14). The Morgan fingerprint density at radius 2 is 2.36 bits per heavy atom. The van der Waals surface area contributed by atoms with Crippen molar-refractivity contribution >= 4 is 11.7 Å². The van der Waals surface area contributed by atoms with E-state index in [2.05, 4.69) is 0 Å². The number of hydrogen-bond donors (Lipinski definition) is 2. The van der Waals surface area contributed by atoms with Gasteiger partial charge >= 0.3 is 5.97 Å². The van der Waals surface area contributed by atoms with Crippen LogP contribution in [0.3, 0.4) is 0 Å². The maximum absolute atomic E-state index is 11.0. The van der Waals surface area contributed by atoms with Gasteiger partial charge in [-0.2, -0.15) is 0 Å². The molecule has 14 heavy (non-hydrogen) atoms. The van der Waals surface area contributed by atoms with Gasteiger partial charge in [-0.05, 0) is 6.42 Å². The second-order valence-corrected chi connectivity index (χ2v) is 2.97. The highest BCUT2D eigenvalue weighted by Gasteiger charge is 2.15. The Labute approximate surface area is 80.8 Å². The Kier molecular flexibility index (Phi) is 2.91. The van der Waals surface area contributed by atoms with Crippen LogP contribution in [0.1, 0.15) is 19.4 Å². The number of rotatable bonds is 3. The molecule has 0 radical (unpaired) electrons. The second kappa shape index (κ2) is 3.95. The van der Waals surface area contributed by atoms with Gasteiger partial charge in [0.1, 0.15) is 6.04 Å². The first-order chi connectivity index (χ1) is 6.56. The smallest absolute Gasteiger partial charge is 0.326 e. The van der Waals surface area contributed by atoms with Crippen molar-refractivity contribution in [2.45, 2.75) is 19.4 Å². The number of aromatic nitrogens is 1. The largest absolute Gasteiger partial charge is 0.480 e. The average Bonchev–Trinajstić information content (AvgIpc) is 2.11. The first-order valence-electron chi connectivity index (χ1n) is 4.26. The zero-order valence-electron chi connectivity index (χ0n) is 7.80. The Hall–Kier alpha value is -1.78. The van der Waals surface area contributed by atoms with E-state index in [9.17, 15) is 9.59 Å². The monoisotopic (exact) mass is 196 g/mol. The molecule has 1 rings (SSSR count). The predicted octanol–water partition coefficient (Wildman–Crippen LogP) is 0.466. The van der Waals surface area contributed by atoms with Gasteiger partial charge in [-0.25, -0.2) is 4.79 Å². The number of carboxylic acids is 1. The molecule has 0 aliphatic carbocycles. The number of anilines is 1. The van der Waals surface area contributed by atoms with Crippen LogP contribution in [0.2, 0.25) is 0 Å². The molecule has 1 unspecified atom stereocenters. The third-order valence-electron chi connectivity index (χ3n) is 2.00. The van der Waals surface area contributed by atoms with Crippen LogP contribution in [0.25, 0.3) is 0 Å². The van der Waals surface area contributed by atoms with Gasteiger partial charge in [0.25, 0.3) is 0 Å². The lowest BCUT2D eigenvalue weighted by Gasteiger charge is -2.14. The van der Waals surface area contributed by atoms with Crippen LogP contribution >= 0.6 is 0 Å². The zero-order valence-corrected chi connectivity index (χ0v) is 7.80. The van der Waals surface area contributed by atoms with Crippen LogP contribution in [0.15, 0.2) is 23.3 Å². The van der Waals surface area contributed by atoms with Crippen LogP contribution in [-0.4, -0.2) is 15.6 Å². The number of pyridine rings is 1. The van der Waals surface area contributed by atoms with Crippen molar-refractivity contribution in [3.05, 3.63) is 28.7 Å². The Bertz CT molecular complexity index is 397. The fourth-order valence-electron chi connectivity index (χ4n) is 1.22. The van der Waals surface area contributed by atoms with E-state index in [1.165, 1.54) is 23.0 Å². The minimum Gasteiger partial charge on any atom is -0.480 e. The van der Waals surface area contributed by atoms with Crippen LogP contribution in [-0.2, 0) is 4.79 Å². The van der Waals surface area contributed by atoms with Gasteiger partial charge in [0.15, 0.2) is 0 Å². The normalized spacial score (nSPS) is 12.4. The lowest BCUT2D eigenvalue weighted by Crippen LogP contribution is -2.20. The third-order valence-corrected chi connectivity index (χ3v) is 2.00. The van der Waals surface area contributed by atoms with Crippen molar-refractivity contribution in [2.24, 2.45) is 0 Å². The summed E-state index contributed by atoms with van der Waals surface area (Å²) < 4.78 is 1.43. The van der Waals surface area contributed by atoms with E-state index in [1.54, 1.807) is 6.92 Å². The van der Waals surface area contributed by atoms with Gasteiger partial charge in [0.05, 0.1) is 5.69 Å². The molecule has 3 N–H and O–H groups in total. The minimum atomic E-state index is -0.935. The fraction of sp³-hybridized carbons (Fsp3) is 0.333. The molecule has 76 valence electrons. The Morgan fingerprint density at radius 1 is 1.71 bits per heavy atom. The summed E-state index contributed by atoms with van der Waals surface area (Å²) in [5, 5.41) is 8.85. The van der Waals surface area contributed by atoms with Crippen molar-refractivity contribution in [1.82, 2.24) is 4.57 Å². The van der Waals surface area contributed by atoms with Crippen molar-refractivity contribution in [2.75, 3.05) is 5.73 Å². The summed E-state index contributed by atoms with van der Waals surface area (Å²) in [6, 6.07) is 0.596. The third kappa shape index (κ3) is 1.93. The molecule has 1 heterocycles. The van der Waals surface area contributed by atoms with Crippen molar-refractivity contribution < 1.29 is 9.90 Å². The molecule has 0 saturated heterocycles. The average molecular weight is 196 g/mol. The van der Waals surface area contributed by atoms with E-state index >= 15 is 0 Å². The van der Waals surface area contributed by atoms with E-state index in [4.69, 9.17) is 10.8 Å². The molecule has 1 aromatic heterocycles. The van der Waals surface area contributed by atoms with Gasteiger partial charge < -0.3 is 15.4 Å². The summed E-state index contributed by atoms with van der Waals surface area (Å²) in [7, 11) is 0. The molecule has 1 aromatic rings. The molecule has 0 aromatic carbocycles. The van der Waals surface area contributed by atoms with Crippen molar-refractivity contribution in [3.63, 3.8) is 0 Å². The maximum Gasteiger partial charge on any atom is 0.326 e. The molecule has 0 spiro atoms. The summed E-state index contributed by atoms with van der Waals surface area (Å²) in [6.45, 7) is 1.76. The number of nitrogens with two attached hydrogens (primary N) is 1. The maximum atomic E-state index is 11.0. The second-order valence-electron chi connectivity index (χ2n) is 2.97. The summed E-state index contributed by atoms with van der Waals surface area (Å²) in [5.41, 5.74) is 5.16. The molecule has 0 fully saturated rings. The first-order valence-corrected chi connectivity index (χ1v) is 4.26. The van der Waals surface area contributed by atoms with Gasteiger partial charge in [-0.1, -0.05) is 6.92 Å². The molecular formula is C9H12N2O3. The lowest BCUT2D eigenvalue weighted by atomic mass is 10.2. The van der Waals surface area contributed by atoms with Crippen LogP contribution in [0, 0.1) is 0 Å². The quantitative estimate of drug-likeness (QED) is 0.735. The molecule has 5 nitrogen and oxygen atoms in total. The number of aliphatic carboxylic acids is 1. The number of hydrogen-bond acceptors (Lipinski definition) is 3. The minimum absolute atomic E-state index is 0.0622. The number of carbonyl (C=O) groups is 1. The van der Waals surface area contributed by atoms with Crippen LogP contribution < -0.4 is 11.2 Å². The van der Waals surface area contributed by atoms with E-state index in [1.807, 2.05) is 0 Å². The number of carboxylic acid groups (broad SMARTS) is 1. The van der Waals surface area contributed by atoms with Crippen molar-refractivity contribution in [1.29, 1.82) is 0 Å². The van der Waals surface area contributed by atoms with Gasteiger partial charge in [-0.15, -0.1) is 0 Å². The van der Waals surface area contributed by atoms with Crippen LogP contribution in [0.4, 0.5) is 5.69 Å². The highest BCUT2D eigenvalue weighted by molar-refractivity contribution is 5.71. The molecule has 0 bridgehead atoms. The Balaban J connectivity index is 3.12. The molecule has 0 amide bonds. The first kappa shape index (κ1) is 10.3. The molecule has 0 saturated carbocycles. The zero-order chi connectivity index (χ0) is 10.7. The van der Waals surface area contributed by atoms with E-state index in [-0.39, 0.29) is 11.1 Å². The molecule has 5 heteroatoms. The molecular weight excluding hydrogens is 184 g/mol. The highest BCUT2D eigenvalue weighted by atomic mass is 16.4. The topological polar surface area (TPSA) is 85.3 Å². The SMILES string of the molecule is CCC(C(=O)O)n1ccc(=O)c(N)c1. The van der Waals surface area contributed by atoms with Gasteiger partial charge in [-0.3, -0.25) is 4.79 Å². The number of nitrogen functional groups attached to an aromatic ring is 1. The summed E-state index contributed by atoms with van der Waals surface area (Å²) in [5.74, 6) is -0.935. The van der Waals surface area contributed by atoms with E-state index < -0.39 is 12.0 Å². The summed E-state index contributed by atoms with van der Waals surface area (Å²) in [4.78, 5) is 21.8. The summed E-state index contributed by atoms with van der Waals surface area (Å²) >= 11 is 0. The van der Waals surface area contributed by atoms with E-state index in [0.717, 1.165) is 0 Å². The van der Waals surface area contributed by atoms with Crippen molar-refractivity contribution in [3.8, 4) is 0 Å². The van der Waals surface area contributed by atoms with E-state index in [0.29, 0.717) is 6.42 Å². The van der Waals surface area contributed by atoms with Gasteiger partial charge in [0.2, 0.25) is 5.43 Å². The number of nitrogens with zero attached hydrogens (tertiary/aromatic N) is 1. The molecule has 1 atom stereocenters. The fourth-order valence-corrected chi connectivity index (χ4v) is 1.22. The van der Waals surface area contributed by atoms with Gasteiger partial charge in [0, 0.05) is 18.5 Å². The Morgan fingerprint density at radius 3 is 2.79 bits per heavy atom. The lowest BCUT2D eigenvalue weighted by molar-refractivity contribution is -0.141. The summed E-state index contributed by atoms with van der Waals surface area (Å²) in [6.07, 6.45) is 3.23. The highest BCUT2D eigenvalue weighted by Crippen LogP contribution is 2.11.